The highest BCUT2D eigenvalue weighted by Gasteiger charge is 2.20. The number of nitrogens with one attached hydrogen (secondary N) is 2. The van der Waals surface area contributed by atoms with Crippen molar-refractivity contribution in [3.63, 3.8) is 0 Å². The van der Waals surface area contributed by atoms with Crippen LogP contribution in [-0.4, -0.2) is 38.9 Å². The largest absolute Gasteiger partial charge is 0.355 e. The number of thiophene rings is 1. The number of benzene rings is 1. The molecule has 0 radical (unpaired) electrons. The number of carbonyl (C=O) groups excluding carboxylic acids is 2. The van der Waals surface area contributed by atoms with E-state index in [-0.39, 0.29) is 23.6 Å². The molecule has 0 aliphatic carbocycles. The molecule has 3 rings (SSSR count). The molecule has 0 aliphatic rings. The van der Waals surface area contributed by atoms with Gasteiger partial charge in [0, 0.05) is 13.1 Å². The lowest BCUT2D eigenvalue weighted by atomic mass is 10.1. The van der Waals surface area contributed by atoms with Crippen molar-refractivity contribution in [3.05, 3.63) is 76.8 Å². The summed E-state index contributed by atoms with van der Waals surface area (Å²) in [6.07, 6.45) is 2.53. The number of amides is 2. The standard InChI is InChI=1S/C22H25N5O2S2/c1-3-13-27-20(16(2)24-21(29)18-10-7-14-30-18)25-26-22(27)31-15-19(28)23-12-11-17-8-5-4-6-9-17/h3-10,14,16H,1,11-13,15H2,2H3,(H,23,28)(H,24,29)/t16-/m1/s1. The van der Waals surface area contributed by atoms with E-state index >= 15 is 0 Å². The van der Waals surface area contributed by atoms with Gasteiger partial charge in [0.25, 0.3) is 5.91 Å². The molecule has 7 nitrogen and oxygen atoms in total. The van der Waals surface area contributed by atoms with Gasteiger partial charge >= 0.3 is 0 Å². The molecule has 0 spiro atoms. The minimum atomic E-state index is -0.337. The number of carbonyl (C=O) groups is 2. The van der Waals surface area contributed by atoms with E-state index in [9.17, 15) is 9.59 Å². The Bertz CT molecular complexity index is 1000. The van der Waals surface area contributed by atoms with Crippen LogP contribution in [0.4, 0.5) is 0 Å². The molecule has 2 aromatic heterocycles. The maximum atomic E-state index is 12.3. The van der Waals surface area contributed by atoms with Crippen LogP contribution < -0.4 is 10.6 Å². The van der Waals surface area contributed by atoms with Crippen LogP contribution >= 0.6 is 23.1 Å². The van der Waals surface area contributed by atoms with Crippen molar-refractivity contribution >= 4 is 34.9 Å². The van der Waals surface area contributed by atoms with E-state index in [0.29, 0.717) is 28.9 Å². The second kappa shape index (κ2) is 11.5. The van der Waals surface area contributed by atoms with Crippen molar-refractivity contribution in [1.82, 2.24) is 25.4 Å². The van der Waals surface area contributed by atoms with Gasteiger partial charge in [-0.2, -0.15) is 0 Å². The predicted molar refractivity (Wildman–Crippen MR) is 124 cm³/mol. The molecule has 0 saturated carbocycles. The molecule has 1 atom stereocenters. The number of thioether (sulfide) groups is 1. The summed E-state index contributed by atoms with van der Waals surface area (Å²) in [5.41, 5.74) is 1.18. The predicted octanol–water partition coefficient (Wildman–Crippen LogP) is 3.47. The second-order valence-electron chi connectivity index (χ2n) is 6.79. The van der Waals surface area contributed by atoms with Gasteiger partial charge in [0.1, 0.15) is 0 Å². The number of aromatic nitrogens is 3. The normalized spacial score (nSPS) is 11.6. The molecule has 1 aromatic carbocycles. The Morgan fingerprint density at radius 2 is 2.03 bits per heavy atom. The van der Waals surface area contributed by atoms with Gasteiger partial charge in [0.2, 0.25) is 5.91 Å². The monoisotopic (exact) mass is 455 g/mol. The van der Waals surface area contributed by atoms with Crippen LogP contribution in [-0.2, 0) is 17.8 Å². The van der Waals surface area contributed by atoms with Crippen LogP contribution in [0.15, 0.2) is 65.7 Å². The molecule has 0 aliphatic heterocycles. The van der Waals surface area contributed by atoms with Crippen LogP contribution in [0.25, 0.3) is 0 Å². The van der Waals surface area contributed by atoms with Gasteiger partial charge in [-0.05, 0) is 30.4 Å². The Morgan fingerprint density at radius 1 is 1.23 bits per heavy atom. The summed E-state index contributed by atoms with van der Waals surface area (Å²) in [7, 11) is 0. The van der Waals surface area contributed by atoms with E-state index in [0.717, 1.165) is 6.42 Å². The van der Waals surface area contributed by atoms with E-state index in [2.05, 4.69) is 27.4 Å². The van der Waals surface area contributed by atoms with Crippen LogP contribution in [0.3, 0.4) is 0 Å². The fraction of sp³-hybridized carbons (Fsp3) is 0.273. The summed E-state index contributed by atoms with van der Waals surface area (Å²) in [6, 6.07) is 13.3. The first-order valence-electron chi connectivity index (χ1n) is 9.90. The summed E-state index contributed by atoms with van der Waals surface area (Å²) in [5, 5.41) is 16.8. The van der Waals surface area contributed by atoms with Crippen molar-refractivity contribution in [2.24, 2.45) is 0 Å². The summed E-state index contributed by atoms with van der Waals surface area (Å²) >= 11 is 2.70. The Morgan fingerprint density at radius 3 is 2.74 bits per heavy atom. The van der Waals surface area contributed by atoms with Gasteiger partial charge in [0.15, 0.2) is 11.0 Å². The quantitative estimate of drug-likeness (QED) is 0.341. The molecule has 3 aromatic rings. The van der Waals surface area contributed by atoms with Gasteiger partial charge in [0.05, 0.1) is 16.7 Å². The first kappa shape index (κ1) is 22.8. The third-order valence-corrected chi connectivity index (χ3v) is 6.28. The van der Waals surface area contributed by atoms with Crippen LogP contribution in [0.1, 0.15) is 34.0 Å². The summed E-state index contributed by atoms with van der Waals surface area (Å²) < 4.78 is 1.87. The number of nitrogens with zero attached hydrogens (tertiary/aromatic N) is 3. The molecular formula is C22H25N5O2S2. The Balaban J connectivity index is 1.54. The molecule has 9 heteroatoms. The number of rotatable bonds is 11. The van der Waals surface area contributed by atoms with Gasteiger partial charge in [-0.3, -0.25) is 9.59 Å². The van der Waals surface area contributed by atoms with Gasteiger partial charge in [-0.15, -0.1) is 28.1 Å². The van der Waals surface area contributed by atoms with E-state index in [1.807, 2.05) is 53.3 Å². The van der Waals surface area contributed by atoms with Gasteiger partial charge < -0.3 is 15.2 Å². The van der Waals surface area contributed by atoms with Gasteiger partial charge in [-0.25, -0.2) is 0 Å². The highest BCUT2D eigenvalue weighted by Crippen LogP contribution is 2.21. The highest BCUT2D eigenvalue weighted by atomic mass is 32.2. The molecule has 2 N–H and O–H groups in total. The second-order valence-corrected chi connectivity index (χ2v) is 8.68. The average molecular weight is 456 g/mol. The molecular weight excluding hydrogens is 430 g/mol. The zero-order valence-corrected chi connectivity index (χ0v) is 18.9. The number of hydrogen-bond donors (Lipinski definition) is 2. The number of allylic oxidation sites excluding steroid dienone is 1. The highest BCUT2D eigenvalue weighted by molar-refractivity contribution is 7.99. The maximum Gasteiger partial charge on any atom is 0.261 e. The summed E-state index contributed by atoms with van der Waals surface area (Å²) in [6.45, 7) is 6.72. The maximum absolute atomic E-state index is 12.3. The summed E-state index contributed by atoms with van der Waals surface area (Å²) in [5.74, 6) is 0.647. The third kappa shape index (κ3) is 6.53. The third-order valence-electron chi connectivity index (χ3n) is 4.45. The number of hydrogen-bond acceptors (Lipinski definition) is 6. The molecule has 2 heterocycles. The first-order chi connectivity index (χ1) is 15.1. The van der Waals surface area contributed by atoms with E-state index in [4.69, 9.17) is 0 Å². The minimum absolute atomic E-state index is 0.0605. The average Bonchev–Trinajstić information content (AvgIpc) is 3.44. The minimum Gasteiger partial charge on any atom is -0.355 e. The lowest BCUT2D eigenvalue weighted by molar-refractivity contribution is -0.118. The van der Waals surface area contributed by atoms with E-state index in [1.54, 1.807) is 12.1 Å². The van der Waals surface area contributed by atoms with Crippen LogP contribution in [0.2, 0.25) is 0 Å². The van der Waals surface area contributed by atoms with Gasteiger partial charge in [-0.1, -0.05) is 54.2 Å². The van der Waals surface area contributed by atoms with E-state index in [1.165, 1.54) is 28.7 Å². The van der Waals surface area contributed by atoms with Crippen LogP contribution in [0.5, 0.6) is 0 Å². The Labute approximate surface area is 190 Å². The molecule has 0 unspecified atom stereocenters. The molecule has 31 heavy (non-hydrogen) atoms. The Kier molecular flexibility index (Phi) is 8.43. The van der Waals surface area contributed by atoms with Crippen molar-refractivity contribution in [2.45, 2.75) is 31.1 Å². The SMILES string of the molecule is C=CCn1c(SCC(=O)NCCc2ccccc2)nnc1[C@@H](C)NC(=O)c1cccs1. The topological polar surface area (TPSA) is 88.9 Å². The van der Waals surface area contributed by atoms with Crippen LogP contribution in [0, 0.1) is 0 Å². The first-order valence-corrected chi connectivity index (χ1v) is 11.8. The van der Waals surface area contributed by atoms with Crippen molar-refractivity contribution in [1.29, 1.82) is 0 Å². The fourth-order valence-electron chi connectivity index (χ4n) is 2.94. The lowest BCUT2D eigenvalue weighted by Gasteiger charge is -2.14. The fourth-order valence-corrected chi connectivity index (χ4v) is 4.35. The van der Waals surface area contributed by atoms with E-state index < -0.39 is 0 Å². The lowest BCUT2D eigenvalue weighted by Crippen LogP contribution is -2.28. The Hall–Kier alpha value is -2.91. The molecule has 0 fully saturated rings. The smallest absolute Gasteiger partial charge is 0.261 e. The van der Waals surface area contributed by atoms with Crippen molar-refractivity contribution in [3.8, 4) is 0 Å². The van der Waals surface area contributed by atoms with Crippen molar-refractivity contribution in [2.75, 3.05) is 12.3 Å². The summed E-state index contributed by atoms with van der Waals surface area (Å²) in [4.78, 5) is 25.2. The molecule has 162 valence electrons. The molecule has 0 bridgehead atoms. The molecule has 2 amide bonds. The van der Waals surface area contributed by atoms with Crippen molar-refractivity contribution < 1.29 is 9.59 Å². The molecule has 0 saturated heterocycles. The zero-order chi connectivity index (χ0) is 22.1. The zero-order valence-electron chi connectivity index (χ0n) is 17.3.